The molecule has 2 rings (SSSR count). The van der Waals surface area contributed by atoms with Gasteiger partial charge in [-0.25, -0.2) is 4.39 Å². The fourth-order valence-corrected chi connectivity index (χ4v) is 2.89. The summed E-state index contributed by atoms with van der Waals surface area (Å²) in [5.41, 5.74) is 0.273. The molecule has 0 heterocycles. The van der Waals surface area contributed by atoms with Gasteiger partial charge in [-0.15, -0.1) is 0 Å². The number of nitrogens with one attached hydrogen (secondary N) is 1. The van der Waals surface area contributed by atoms with E-state index in [1.807, 2.05) is 14.1 Å². The summed E-state index contributed by atoms with van der Waals surface area (Å²) in [6.45, 7) is 0. The van der Waals surface area contributed by atoms with Crippen molar-refractivity contribution in [3.8, 4) is 0 Å². The Morgan fingerprint density at radius 1 is 1.37 bits per heavy atom. The summed E-state index contributed by atoms with van der Waals surface area (Å²) in [5.74, 6) is -0.756. The van der Waals surface area contributed by atoms with Crippen LogP contribution in [0.4, 0.5) is 4.39 Å². The molecule has 1 fully saturated rings. The summed E-state index contributed by atoms with van der Waals surface area (Å²) in [5, 5.41) is 3.21. The molecule has 1 amide bonds. The highest BCUT2D eigenvalue weighted by atomic mass is 35.5. The molecule has 2 atom stereocenters. The van der Waals surface area contributed by atoms with Gasteiger partial charge in [-0.05, 0) is 51.6 Å². The highest BCUT2D eigenvalue weighted by Gasteiger charge is 2.30. The molecule has 0 saturated heterocycles. The zero-order valence-corrected chi connectivity index (χ0v) is 11.9. The highest BCUT2D eigenvalue weighted by molar-refractivity contribution is 6.31. The molecule has 0 bridgehead atoms. The van der Waals surface area contributed by atoms with Gasteiger partial charge in [0.05, 0.1) is 0 Å². The molecule has 1 aromatic rings. The molecule has 0 radical (unpaired) electrons. The van der Waals surface area contributed by atoms with Crippen LogP contribution in [0.15, 0.2) is 18.2 Å². The molecule has 5 heteroatoms. The number of hydrogen-bond donors (Lipinski definition) is 1. The Kier molecular flexibility index (Phi) is 4.42. The first-order valence-corrected chi connectivity index (χ1v) is 6.78. The van der Waals surface area contributed by atoms with Gasteiger partial charge >= 0.3 is 0 Å². The molecule has 1 aromatic carbocycles. The van der Waals surface area contributed by atoms with E-state index in [9.17, 15) is 9.18 Å². The monoisotopic (exact) mass is 284 g/mol. The van der Waals surface area contributed by atoms with Gasteiger partial charge in [0.25, 0.3) is 5.91 Å². The van der Waals surface area contributed by atoms with Crippen molar-refractivity contribution in [3.63, 3.8) is 0 Å². The van der Waals surface area contributed by atoms with Gasteiger partial charge in [0, 0.05) is 22.7 Å². The zero-order chi connectivity index (χ0) is 14.0. The molecular formula is C14H18ClFN2O. The second-order valence-corrected chi connectivity index (χ2v) is 5.64. The lowest BCUT2D eigenvalue weighted by Crippen LogP contribution is -2.46. The van der Waals surface area contributed by atoms with E-state index >= 15 is 0 Å². The summed E-state index contributed by atoms with van der Waals surface area (Å²) in [6.07, 6.45) is 3.12. The minimum Gasteiger partial charge on any atom is -0.348 e. The maximum absolute atomic E-state index is 13.2. The normalized spacial score (nSPS) is 22.8. The minimum atomic E-state index is -0.492. The van der Waals surface area contributed by atoms with E-state index in [1.54, 1.807) is 0 Å². The lowest BCUT2D eigenvalue weighted by molar-refractivity contribution is 0.0918. The van der Waals surface area contributed by atoms with Crippen molar-refractivity contribution >= 4 is 17.5 Å². The number of amides is 1. The van der Waals surface area contributed by atoms with Gasteiger partial charge in [0.1, 0.15) is 5.82 Å². The predicted octanol–water partition coefficient (Wildman–Crippen LogP) is 2.69. The van der Waals surface area contributed by atoms with Gasteiger partial charge in [-0.1, -0.05) is 11.6 Å². The maximum atomic E-state index is 13.2. The smallest absolute Gasteiger partial charge is 0.251 e. The first-order valence-electron chi connectivity index (χ1n) is 6.41. The molecule has 1 aliphatic carbocycles. The van der Waals surface area contributed by atoms with Gasteiger partial charge in [0.2, 0.25) is 0 Å². The molecule has 0 aromatic heterocycles. The number of rotatable bonds is 3. The lowest BCUT2D eigenvalue weighted by Gasteiger charge is -2.26. The van der Waals surface area contributed by atoms with Crippen LogP contribution in [0.1, 0.15) is 29.6 Å². The third-order valence-electron chi connectivity index (χ3n) is 3.58. The van der Waals surface area contributed by atoms with E-state index < -0.39 is 5.82 Å². The molecule has 104 valence electrons. The van der Waals surface area contributed by atoms with Crippen LogP contribution in [0.5, 0.6) is 0 Å². The summed E-state index contributed by atoms with van der Waals surface area (Å²) in [4.78, 5) is 14.2. The van der Waals surface area contributed by atoms with Crippen LogP contribution in [0.25, 0.3) is 0 Å². The van der Waals surface area contributed by atoms with E-state index in [1.165, 1.54) is 18.2 Å². The number of benzene rings is 1. The largest absolute Gasteiger partial charge is 0.348 e. The van der Waals surface area contributed by atoms with Gasteiger partial charge in [-0.3, -0.25) is 4.79 Å². The van der Waals surface area contributed by atoms with E-state index in [-0.39, 0.29) is 22.5 Å². The second-order valence-electron chi connectivity index (χ2n) is 5.20. The first kappa shape index (κ1) is 14.3. The Morgan fingerprint density at radius 2 is 2.11 bits per heavy atom. The molecule has 1 aliphatic rings. The molecule has 0 aliphatic heterocycles. The molecule has 1 N–H and O–H groups in total. The lowest BCUT2D eigenvalue weighted by atomic mass is 10.1. The Morgan fingerprint density at radius 3 is 2.74 bits per heavy atom. The van der Waals surface area contributed by atoms with Crippen LogP contribution in [-0.2, 0) is 0 Å². The highest BCUT2D eigenvalue weighted by Crippen LogP contribution is 2.23. The fourth-order valence-electron chi connectivity index (χ4n) is 2.66. The number of carbonyl (C=O) groups is 1. The number of hydrogen-bond acceptors (Lipinski definition) is 2. The summed E-state index contributed by atoms with van der Waals surface area (Å²) in [6, 6.07) is 4.34. The van der Waals surface area contributed by atoms with Crippen LogP contribution in [-0.4, -0.2) is 37.0 Å². The first-order chi connectivity index (χ1) is 8.97. The van der Waals surface area contributed by atoms with Crippen LogP contribution in [0, 0.1) is 5.82 Å². The van der Waals surface area contributed by atoms with E-state index in [2.05, 4.69) is 10.2 Å². The fraction of sp³-hybridized carbons (Fsp3) is 0.500. The van der Waals surface area contributed by atoms with E-state index in [4.69, 9.17) is 11.6 Å². The summed E-state index contributed by atoms with van der Waals surface area (Å²) < 4.78 is 13.2. The van der Waals surface area contributed by atoms with Crippen molar-refractivity contribution in [2.75, 3.05) is 14.1 Å². The van der Waals surface area contributed by atoms with E-state index in [0.29, 0.717) is 6.04 Å². The maximum Gasteiger partial charge on any atom is 0.251 e. The van der Waals surface area contributed by atoms with Crippen molar-refractivity contribution in [1.29, 1.82) is 0 Å². The Bertz CT molecular complexity index is 458. The molecule has 3 nitrogen and oxygen atoms in total. The topological polar surface area (TPSA) is 32.3 Å². The number of likely N-dealkylation sites (N-methyl/N-ethyl adjacent to an activating group) is 1. The number of nitrogens with zero attached hydrogens (tertiary/aromatic N) is 1. The van der Waals surface area contributed by atoms with Crippen molar-refractivity contribution in [1.82, 2.24) is 10.2 Å². The number of halogens is 2. The van der Waals surface area contributed by atoms with Crippen LogP contribution in [0.2, 0.25) is 5.02 Å². The van der Waals surface area contributed by atoms with Crippen LogP contribution < -0.4 is 5.32 Å². The quantitative estimate of drug-likeness (QED) is 0.926. The Balaban J connectivity index is 2.08. The SMILES string of the molecule is CN(C)[C@H]1CCC[C@@H]1NC(=O)c1cc(F)cc(Cl)c1. The molecule has 0 spiro atoms. The Labute approximate surface area is 117 Å². The average molecular weight is 285 g/mol. The standard InChI is InChI=1S/C14H18ClFN2O/c1-18(2)13-5-3-4-12(13)17-14(19)9-6-10(15)8-11(16)7-9/h6-8,12-13H,3-5H2,1-2H3,(H,17,19)/t12-,13-/m0/s1. The average Bonchev–Trinajstić information content (AvgIpc) is 2.75. The number of carbonyl (C=O) groups excluding carboxylic acids is 1. The Hall–Kier alpha value is -1.13. The van der Waals surface area contributed by atoms with E-state index in [0.717, 1.165) is 19.3 Å². The van der Waals surface area contributed by atoms with Gasteiger partial charge in [-0.2, -0.15) is 0 Å². The second kappa shape index (κ2) is 5.88. The molecule has 19 heavy (non-hydrogen) atoms. The van der Waals surface area contributed by atoms with Crippen LogP contribution >= 0.6 is 11.6 Å². The zero-order valence-electron chi connectivity index (χ0n) is 11.1. The summed E-state index contributed by atoms with van der Waals surface area (Å²) >= 11 is 5.76. The summed E-state index contributed by atoms with van der Waals surface area (Å²) in [7, 11) is 4.02. The molecular weight excluding hydrogens is 267 g/mol. The van der Waals surface area contributed by atoms with Crippen molar-refractivity contribution < 1.29 is 9.18 Å². The van der Waals surface area contributed by atoms with Crippen molar-refractivity contribution in [2.45, 2.75) is 31.3 Å². The van der Waals surface area contributed by atoms with Gasteiger partial charge in [0.15, 0.2) is 0 Å². The molecule has 1 saturated carbocycles. The van der Waals surface area contributed by atoms with Crippen LogP contribution in [0.3, 0.4) is 0 Å². The minimum absolute atomic E-state index is 0.115. The third-order valence-corrected chi connectivity index (χ3v) is 3.80. The van der Waals surface area contributed by atoms with Crippen molar-refractivity contribution in [2.24, 2.45) is 0 Å². The predicted molar refractivity (Wildman–Crippen MR) is 74.0 cm³/mol. The molecule has 0 unspecified atom stereocenters. The van der Waals surface area contributed by atoms with Gasteiger partial charge < -0.3 is 10.2 Å². The third kappa shape index (κ3) is 3.45. The van der Waals surface area contributed by atoms with Crippen molar-refractivity contribution in [3.05, 3.63) is 34.6 Å².